The van der Waals surface area contributed by atoms with E-state index in [0.717, 1.165) is 64.2 Å². The van der Waals surface area contributed by atoms with E-state index < -0.39 is 6.10 Å². The van der Waals surface area contributed by atoms with E-state index >= 15 is 0 Å². The van der Waals surface area contributed by atoms with Crippen LogP contribution in [0.3, 0.4) is 0 Å². The number of unbranched alkanes of at least 4 members (excludes halogenated alkanes) is 55. The maximum absolute atomic E-state index is 12.9. The van der Waals surface area contributed by atoms with E-state index in [1.807, 2.05) is 0 Å². The third-order valence-corrected chi connectivity index (χ3v) is 17.2. The largest absolute Gasteiger partial charge is 0.462 e. The highest BCUT2D eigenvalue weighted by Gasteiger charge is 2.20. The van der Waals surface area contributed by atoms with Crippen LogP contribution in [0.2, 0.25) is 0 Å². The molecule has 0 aliphatic heterocycles. The summed E-state index contributed by atoms with van der Waals surface area (Å²) in [6.45, 7) is 6.65. The van der Waals surface area contributed by atoms with Crippen molar-refractivity contribution >= 4 is 17.9 Å². The van der Waals surface area contributed by atoms with Crippen LogP contribution in [-0.2, 0) is 28.6 Å². The molecule has 484 valence electrons. The zero-order valence-corrected chi connectivity index (χ0v) is 55.8. The molecule has 0 spiro atoms. The molecule has 1 atom stereocenters. The van der Waals surface area contributed by atoms with Crippen molar-refractivity contribution in [1.82, 2.24) is 0 Å². The van der Waals surface area contributed by atoms with Gasteiger partial charge in [-0.25, -0.2) is 0 Å². The van der Waals surface area contributed by atoms with Crippen LogP contribution in [0.15, 0.2) is 24.3 Å². The summed E-state index contributed by atoms with van der Waals surface area (Å²) < 4.78 is 16.9. The standard InChI is InChI=1S/C76H144O6/c1-4-7-10-13-16-18-20-22-24-26-28-30-32-34-36-37-38-39-41-42-44-46-48-50-52-54-56-58-60-63-66-69-75(78)81-72-73(71-80-74(77)68-65-62-15-12-9-6-3)82-76(79)70-67-64-61-59-57-55-53-51-49-47-45-43-40-35-33-31-29-27-25-23-21-19-17-14-11-8-5-2/h21,23,27,29,73H,4-20,22,24-26,28,30-72H2,1-3H3/b23-21-,29-27-. The van der Waals surface area contributed by atoms with Gasteiger partial charge in [-0.05, 0) is 51.4 Å². The first-order valence-corrected chi connectivity index (χ1v) is 37.3. The van der Waals surface area contributed by atoms with Crippen molar-refractivity contribution in [1.29, 1.82) is 0 Å². The Morgan fingerprint density at radius 3 is 0.671 bits per heavy atom. The predicted octanol–water partition coefficient (Wildman–Crippen LogP) is 25.7. The molecule has 0 fully saturated rings. The van der Waals surface area contributed by atoms with Crippen molar-refractivity contribution in [3.05, 3.63) is 24.3 Å². The second-order valence-corrected chi connectivity index (χ2v) is 25.6. The van der Waals surface area contributed by atoms with Crippen LogP contribution < -0.4 is 0 Å². The van der Waals surface area contributed by atoms with Gasteiger partial charge in [0.2, 0.25) is 0 Å². The fourth-order valence-corrected chi connectivity index (χ4v) is 11.6. The van der Waals surface area contributed by atoms with Gasteiger partial charge in [0.15, 0.2) is 6.10 Å². The smallest absolute Gasteiger partial charge is 0.306 e. The monoisotopic (exact) mass is 1150 g/mol. The fraction of sp³-hybridized carbons (Fsp3) is 0.908. The number of hydrogen-bond donors (Lipinski definition) is 0. The van der Waals surface area contributed by atoms with E-state index in [-0.39, 0.29) is 31.1 Å². The second kappa shape index (κ2) is 71.4. The number of carbonyl (C=O) groups is 3. The summed E-state index contributed by atoms with van der Waals surface area (Å²) in [5, 5.41) is 0. The minimum atomic E-state index is -0.766. The molecule has 0 aromatic carbocycles. The Labute approximate surface area is 513 Å². The molecule has 0 N–H and O–H groups in total. The number of ether oxygens (including phenoxy) is 3. The van der Waals surface area contributed by atoms with Crippen molar-refractivity contribution in [3.8, 4) is 0 Å². The normalized spacial score (nSPS) is 12.1. The van der Waals surface area contributed by atoms with Crippen LogP contribution in [0.25, 0.3) is 0 Å². The Bertz CT molecular complexity index is 1320. The molecule has 0 aliphatic carbocycles. The lowest BCUT2D eigenvalue weighted by Gasteiger charge is -2.18. The average Bonchev–Trinajstić information content (AvgIpc) is 3.47. The van der Waals surface area contributed by atoms with Crippen molar-refractivity contribution in [2.45, 2.75) is 431 Å². The van der Waals surface area contributed by atoms with Crippen LogP contribution in [0.4, 0.5) is 0 Å². The number of rotatable bonds is 70. The molecule has 0 aliphatic rings. The van der Waals surface area contributed by atoms with Gasteiger partial charge in [-0.2, -0.15) is 0 Å². The number of esters is 3. The van der Waals surface area contributed by atoms with Gasteiger partial charge < -0.3 is 14.2 Å². The quantitative estimate of drug-likeness (QED) is 0.0261. The third-order valence-electron chi connectivity index (χ3n) is 17.2. The van der Waals surface area contributed by atoms with E-state index in [1.165, 1.54) is 321 Å². The number of carbonyl (C=O) groups excluding carboxylic acids is 3. The molecule has 82 heavy (non-hydrogen) atoms. The highest BCUT2D eigenvalue weighted by molar-refractivity contribution is 5.71. The summed E-state index contributed by atoms with van der Waals surface area (Å²) >= 11 is 0. The van der Waals surface area contributed by atoms with Gasteiger partial charge in [0.05, 0.1) is 0 Å². The summed E-state index contributed by atoms with van der Waals surface area (Å²) in [5.74, 6) is -0.845. The molecule has 0 bridgehead atoms. The van der Waals surface area contributed by atoms with Crippen molar-refractivity contribution in [3.63, 3.8) is 0 Å². The lowest BCUT2D eigenvalue weighted by molar-refractivity contribution is -0.167. The first kappa shape index (κ1) is 79.9. The average molecular weight is 1150 g/mol. The van der Waals surface area contributed by atoms with Crippen LogP contribution in [0.1, 0.15) is 425 Å². The lowest BCUT2D eigenvalue weighted by Crippen LogP contribution is -2.30. The van der Waals surface area contributed by atoms with E-state index in [9.17, 15) is 14.4 Å². The molecular weight excluding hydrogens is 1010 g/mol. The summed E-state index contributed by atoms with van der Waals surface area (Å²) in [4.78, 5) is 38.1. The molecule has 1 unspecified atom stereocenters. The first-order chi connectivity index (χ1) is 40.5. The summed E-state index contributed by atoms with van der Waals surface area (Å²) in [7, 11) is 0. The first-order valence-electron chi connectivity index (χ1n) is 37.3. The molecule has 0 radical (unpaired) electrons. The van der Waals surface area contributed by atoms with Gasteiger partial charge in [-0.3, -0.25) is 14.4 Å². The van der Waals surface area contributed by atoms with Crippen molar-refractivity contribution in [2.75, 3.05) is 13.2 Å². The van der Waals surface area contributed by atoms with E-state index in [1.54, 1.807) is 0 Å². The van der Waals surface area contributed by atoms with Crippen LogP contribution >= 0.6 is 0 Å². The minimum absolute atomic E-state index is 0.0650. The maximum Gasteiger partial charge on any atom is 0.306 e. The molecule has 0 aromatic heterocycles. The lowest BCUT2D eigenvalue weighted by atomic mass is 10.0. The molecule has 0 saturated carbocycles. The molecule has 0 amide bonds. The summed E-state index contributed by atoms with van der Waals surface area (Å²) in [6, 6.07) is 0. The molecule has 0 heterocycles. The summed E-state index contributed by atoms with van der Waals surface area (Å²) in [6.07, 6.45) is 88.5. The predicted molar refractivity (Wildman–Crippen MR) is 358 cm³/mol. The van der Waals surface area contributed by atoms with Crippen LogP contribution in [0.5, 0.6) is 0 Å². The van der Waals surface area contributed by atoms with Crippen LogP contribution in [-0.4, -0.2) is 37.2 Å². The Kier molecular flexibility index (Phi) is 69.5. The van der Waals surface area contributed by atoms with E-state index in [0.29, 0.717) is 19.3 Å². The number of allylic oxidation sites excluding steroid dienone is 4. The molecule has 0 aromatic rings. The summed E-state index contributed by atoms with van der Waals surface area (Å²) in [5.41, 5.74) is 0. The Hall–Kier alpha value is -2.11. The zero-order chi connectivity index (χ0) is 59.2. The zero-order valence-electron chi connectivity index (χ0n) is 55.8. The number of hydrogen-bond acceptors (Lipinski definition) is 6. The van der Waals surface area contributed by atoms with Gasteiger partial charge in [0, 0.05) is 19.3 Å². The highest BCUT2D eigenvalue weighted by Crippen LogP contribution is 2.19. The van der Waals surface area contributed by atoms with Crippen molar-refractivity contribution < 1.29 is 28.6 Å². The topological polar surface area (TPSA) is 78.9 Å². The second-order valence-electron chi connectivity index (χ2n) is 25.6. The van der Waals surface area contributed by atoms with Crippen LogP contribution in [0, 0.1) is 0 Å². The molecule has 6 heteroatoms. The Morgan fingerprint density at radius 1 is 0.244 bits per heavy atom. The molecule has 0 saturated heterocycles. The highest BCUT2D eigenvalue weighted by atomic mass is 16.6. The van der Waals surface area contributed by atoms with Gasteiger partial charge in [0.25, 0.3) is 0 Å². The van der Waals surface area contributed by atoms with Crippen molar-refractivity contribution in [2.24, 2.45) is 0 Å². The van der Waals surface area contributed by atoms with E-state index in [4.69, 9.17) is 14.2 Å². The fourth-order valence-electron chi connectivity index (χ4n) is 11.6. The minimum Gasteiger partial charge on any atom is -0.462 e. The third kappa shape index (κ3) is 68.7. The van der Waals surface area contributed by atoms with Gasteiger partial charge in [-0.1, -0.05) is 379 Å². The van der Waals surface area contributed by atoms with Gasteiger partial charge in [-0.15, -0.1) is 0 Å². The van der Waals surface area contributed by atoms with E-state index in [2.05, 4.69) is 45.1 Å². The Morgan fingerprint density at radius 2 is 0.439 bits per heavy atom. The van der Waals surface area contributed by atoms with Gasteiger partial charge in [0.1, 0.15) is 13.2 Å². The molecule has 6 nitrogen and oxygen atoms in total. The molecular formula is C76H144O6. The maximum atomic E-state index is 12.9. The molecule has 0 rings (SSSR count). The SMILES string of the molecule is CCCCCCC/C=C\C/C=C\CCCCCCCCCCCCCCCCCC(=O)OC(COC(=O)CCCCCCCC)COC(=O)CCCCCCCCCCCCCCCCCCCCCCCCCCCCCCCCC. The van der Waals surface area contributed by atoms with Gasteiger partial charge >= 0.3 is 17.9 Å². The Balaban J connectivity index is 3.93.